The molecular weight excluding hydrogens is 224 g/mol. The molecule has 1 aromatic carbocycles. The van der Waals surface area contributed by atoms with Crippen molar-refractivity contribution in [1.29, 1.82) is 5.26 Å². The van der Waals surface area contributed by atoms with Gasteiger partial charge in [-0.05, 0) is 30.2 Å². The van der Waals surface area contributed by atoms with Crippen LogP contribution in [0.1, 0.15) is 18.9 Å². The summed E-state index contributed by atoms with van der Waals surface area (Å²) in [5.74, 6) is 0.114. The molecule has 0 aromatic heterocycles. The highest BCUT2D eigenvalue weighted by atomic mass is 32.2. The number of rotatable bonds is 4. The highest BCUT2D eigenvalue weighted by Crippen LogP contribution is 2.19. The fourth-order valence-corrected chi connectivity index (χ4v) is 2.77. The van der Waals surface area contributed by atoms with Crippen molar-refractivity contribution in [2.45, 2.75) is 24.7 Å². The third-order valence-corrected chi connectivity index (χ3v) is 4.13. The molecule has 0 spiro atoms. The standard InChI is InChI=1S/C11H14N2O2S/c1-2-7-16(14,15)10-3-4-11(13)9(8-10)5-6-12/h3-4,8H,2,5,7,13H2,1H3. The first-order chi connectivity index (χ1) is 7.51. The van der Waals surface area contributed by atoms with Gasteiger partial charge in [0.1, 0.15) is 0 Å². The predicted octanol–water partition coefficient (Wildman–Crippen LogP) is 1.52. The SMILES string of the molecule is CCCS(=O)(=O)c1ccc(N)c(CC#N)c1. The molecular formula is C11H14N2O2S. The highest BCUT2D eigenvalue weighted by Gasteiger charge is 2.14. The zero-order chi connectivity index (χ0) is 12.2. The summed E-state index contributed by atoms with van der Waals surface area (Å²) >= 11 is 0. The third kappa shape index (κ3) is 2.74. The lowest BCUT2D eigenvalue weighted by molar-refractivity contribution is 0.594. The Morgan fingerprint density at radius 1 is 1.44 bits per heavy atom. The van der Waals surface area contributed by atoms with Crippen molar-refractivity contribution in [1.82, 2.24) is 0 Å². The number of nitrogens with zero attached hydrogens (tertiary/aromatic N) is 1. The molecule has 0 fully saturated rings. The number of anilines is 1. The molecule has 0 aliphatic rings. The molecule has 0 aliphatic heterocycles. The Bertz CT molecular complexity index is 515. The number of benzene rings is 1. The summed E-state index contributed by atoms with van der Waals surface area (Å²) in [5.41, 5.74) is 6.67. The number of nitriles is 1. The molecule has 0 heterocycles. The first-order valence-corrected chi connectivity index (χ1v) is 6.64. The minimum absolute atomic E-state index is 0.114. The Labute approximate surface area is 95.6 Å². The van der Waals surface area contributed by atoms with E-state index in [-0.39, 0.29) is 17.1 Å². The Hall–Kier alpha value is -1.54. The molecule has 0 aliphatic carbocycles. The third-order valence-electron chi connectivity index (χ3n) is 2.22. The minimum Gasteiger partial charge on any atom is -0.398 e. The fraction of sp³-hybridized carbons (Fsp3) is 0.364. The molecule has 16 heavy (non-hydrogen) atoms. The van der Waals surface area contributed by atoms with Gasteiger partial charge < -0.3 is 5.73 Å². The summed E-state index contributed by atoms with van der Waals surface area (Å²) in [7, 11) is -3.23. The number of hydrogen-bond donors (Lipinski definition) is 1. The first kappa shape index (κ1) is 12.5. The van der Waals surface area contributed by atoms with Gasteiger partial charge in [0.05, 0.1) is 23.1 Å². The van der Waals surface area contributed by atoms with Crippen LogP contribution in [0.25, 0.3) is 0 Å². The Morgan fingerprint density at radius 3 is 2.69 bits per heavy atom. The summed E-state index contributed by atoms with van der Waals surface area (Å²) in [6, 6.07) is 6.47. The van der Waals surface area contributed by atoms with Crippen molar-refractivity contribution < 1.29 is 8.42 Å². The Morgan fingerprint density at radius 2 is 2.12 bits per heavy atom. The van der Waals surface area contributed by atoms with Crippen molar-refractivity contribution in [2.24, 2.45) is 0 Å². The molecule has 0 saturated heterocycles. The lowest BCUT2D eigenvalue weighted by Gasteiger charge is -2.06. The van der Waals surface area contributed by atoms with Crippen LogP contribution in [0.2, 0.25) is 0 Å². The van der Waals surface area contributed by atoms with E-state index in [4.69, 9.17) is 11.0 Å². The summed E-state index contributed by atoms with van der Waals surface area (Å²) in [5, 5.41) is 8.59. The summed E-state index contributed by atoms with van der Waals surface area (Å²) < 4.78 is 23.6. The second-order valence-corrected chi connectivity index (χ2v) is 5.62. The van der Waals surface area contributed by atoms with Crippen LogP contribution in [0.15, 0.2) is 23.1 Å². The molecule has 0 bridgehead atoms. The number of sulfone groups is 1. The van der Waals surface area contributed by atoms with E-state index in [1.54, 1.807) is 0 Å². The lowest BCUT2D eigenvalue weighted by Crippen LogP contribution is -2.07. The van der Waals surface area contributed by atoms with E-state index >= 15 is 0 Å². The van der Waals surface area contributed by atoms with Crippen LogP contribution in [-0.4, -0.2) is 14.2 Å². The first-order valence-electron chi connectivity index (χ1n) is 4.99. The van der Waals surface area contributed by atoms with E-state index in [2.05, 4.69) is 0 Å². The number of hydrogen-bond acceptors (Lipinski definition) is 4. The van der Waals surface area contributed by atoms with E-state index in [1.165, 1.54) is 18.2 Å². The van der Waals surface area contributed by atoms with Crippen molar-refractivity contribution >= 4 is 15.5 Å². The van der Waals surface area contributed by atoms with Crippen LogP contribution in [-0.2, 0) is 16.3 Å². The van der Waals surface area contributed by atoms with Crippen molar-refractivity contribution in [3.8, 4) is 6.07 Å². The van der Waals surface area contributed by atoms with Crippen molar-refractivity contribution in [3.05, 3.63) is 23.8 Å². The second kappa shape index (κ2) is 4.99. The van der Waals surface area contributed by atoms with Crippen molar-refractivity contribution in [2.75, 3.05) is 11.5 Å². The highest BCUT2D eigenvalue weighted by molar-refractivity contribution is 7.91. The van der Waals surface area contributed by atoms with Gasteiger partial charge >= 0.3 is 0 Å². The number of nitrogens with two attached hydrogens (primary N) is 1. The molecule has 86 valence electrons. The largest absolute Gasteiger partial charge is 0.398 e. The lowest BCUT2D eigenvalue weighted by atomic mass is 10.1. The maximum atomic E-state index is 11.8. The number of nitrogen functional groups attached to an aromatic ring is 1. The maximum absolute atomic E-state index is 11.8. The summed E-state index contributed by atoms with van der Waals surface area (Å²) in [6.07, 6.45) is 0.696. The fourth-order valence-electron chi connectivity index (χ4n) is 1.40. The van der Waals surface area contributed by atoms with Crippen molar-refractivity contribution in [3.63, 3.8) is 0 Å². The van der Waals surface area contributed by atoms with Crippen LogP contribution in [0.5, 0.6) is 0 Å². The topological polar surface area (TPSA) is 83.9 Å². The molecule has 2 N–H and O–H groups in total. The van der Waals surface area contributed by atoms with Gasteiger partial charge in [-0.15, -0.1) is 0 Å². The summed E-state index contributed by atoms with van der Waals surface area (Å²) in [4.78, 5) is 0.244. The van der Waals surface area contributed by atoms with E-state index in [9.17, 15) is 8.42 Å². The van der Waals surface area contributed by atoms with Crippen LogP contribution >= 0.6 is 0 Å². The van der Waals surface area contributed by atoms with Gasteiger partial charge in [-0.3, -0.25) is 0 Å². The van der Waals surface area contributed by atoms with Gasteiger partial charge in [0.2, 0.25) is 0 Å². The van der Waals surface area contributed by atoms with E-state index in [1.807, 2.05) is 13.0 Å². The van der Waals surface area contributed by atoms with Gasteiger partial charge in [0, 0.05) is 5.69 Å². The molecule has 4 nitrogen and oxygen atoms in total. The smallest absolute Gasteiger partial charge is 0.178 e. The monoisotopic (exact) mass is 238 g/mol. The second-order valence-electron chi connectivity index (χ2n) is 3.51. The Balaban J connectivity index is 3.18. The molecule has 1 rings (SSSR count). The van der Waals surface area contributed by atoms with Gasteiger partial charge in [0.25, 0.3) is 0 Å². The molecule has 5 heteroatoms. The van der Waals surface area contributed by atoms with Crippen LogP contribution in [0.3, 0.4) is 0 Å². The molecule has 0 saturated carbocycles. The van der Waals surface area contributed by atoms with E-state index in [0.29, 0.717) is 17.7 Å². The molecule has 0 radical (unpaired) electrons. The zero-order valence-corrected chi connectivity index (χ0v) is 9.92. The molecule has 0 amide bonds. The average molecular weight is 238 g/mol. The van der Waals surface area contributed by atoms with E-state index in [0.717, 1.165) is 0 Å². The average Bonchev–Trinajstić information content (AvgIpc) is 2.21. The Kier molecular flexibility index (Phi) is 3.91. The van der Waals surface area contributed by atoms with E-state index < -0.39 is 9.84 Å². The molecule has 0 unspecified atom stereocenters. The predicted molar refractivity (Wildman–Crippen MR) is 62.5 cm³/mol. The zero-order valence-electron chi connectivity index (χ0n) is 9.10. The van der Waals surface area contributed by atoms with Crippen LogP contribution in [0, 0.1) is 11.3 Å². The quantitative estimate of drug-likeness (QED) is 0.806. The van der Waals surface area contributed by atoms with Gasteiger partial charge in [-0.2, -0.15) is 5.26 Å². The maximum Gasteiger partial charge on any atom is 0.178 e. The molecule has 1 aromatic rings. The van der Waals surface area contributed by atoms with Crippen LogP contribution < -0.4 is 5.73 Å². The van der Waals surface area contributed by atoms with Gasteiger partial charge in [-0.25, -0.2) is 8.42 Å². The van der Waals surface area contributed by atoms with Crippen LogP contribution in [0.4, 0.5) is 5.69 Å². The van der Waals surface area contributed by atoms with Gasteiger partial charge in [-0.1, -0.05) is 6.92 Å². The summed E-state index contributed by atoms with van der Waals surface area (Å²) in [6.45, 7) is 1.81. The minimum atomic E-state index is -3.23. The molecule has 0 atom stereocenters. The van der Waals surface area contributed by atoms with Gasteiger partial charge in [0.15, 0.2) is 9.84 Å². The normalized spacial score (nSPS) is 11.0.